The molecule has 0 radical (unpaired) electrons. The van der Waals surface area contributed by atoms with E-state index in [-0.39, 0.29) is 6.04 Å². The van der Waals surface area contributed by atoms with Crippen LogP contribution in [0, 0.1) is 18.8 Å². The third-order valence-corrected chi connectivity index (χ3v) is 6.58. The Hall–Kier alpha value is -3.35. The molecular weight excluding hydrogens is 424 g/mol. The molecule has 0 fully saturated rings. The molecule has 3 heterocycles. The van der Waals surface area contributed by atoms with Gasteiger partial charge in [0.1, 0.15) is 22.6 Å². The van der Waals surface area contributed by atoms with E-state index in [0.29, 0.717) is 11.8 Å². The number of ether oxygens (including phenoxy) is 1. The van der Waals surface area contributed by atoms with Crippen molar-refractivity contribution in [3.05, 3.63) is 54.1 Å². The molecule has 0 spiro atoms. The smallest absolute Gasteiger partial charge is 0.137 e. The Kier molecular flexibility index (Phi) is 6.91. The van der Waals surface area contributed by atoms with Crippen LogP contribution in [0.5, 0.6) is 0 Å². The zero-order chi connectivity index (χ0) is 24.4. The van der Waals surface area contributed by atoms with Crippen molar-refractivity contribution in [3.63, 3.8) is 0 Å². The summed E-state index contributed by atoms with van der Waals surface area (Å²) < 4.78 is 7.48. The Morgan fingerprint density at radius 2 is 2.09 bits per heavy atom. The first-order valence-electron chi connectivity index (χ1n) is 12.1. The lowest BCUT2D eigenvalue weighted by Crippen LogP contribution is -2.21. The monoisotopic (exact) mass is 460 g/mol. The number of nitrogens with one attached hydrogen (secondary N) is 1. The lowest BCUT2D eigenvalue weighted by Gasteiger charge is -2.24. The van der Waals surface area contributed by atoms with Gasteiger partial charge in [0.05, 0.1) is 24.2 Å². The predicted molar refractivity (Wildman–Crippen MR) is 140 cm³/mol. The maximum atomic E-state index is 5.40. The van der Waals surface area contributed by atoms with Gasteiger partial charge in [0.25, 0.3) is 0 Å². The van der Waals surface area contributed by atoms with Gasteiger partial charge in [0.2, 0.25) is 0 Å². The fourth-order valence-electron chi connectivity index (χ4n) is 4.43. The summed E-state index contributed by atoms with van der Waals surface area (Å²) in [5.74, 6) is 2.60. The summed E-state index contributed by atoms with van der Waals surface area (Å²) >= 11 is 0. The van der Waals surface area contributed by atoms with Crippen LogP contribution in [-0.4, -0.2) is 47.0 Å². The zero-order valence-electron chi connectivity index (χ0n) is 21.3. The van der Waals surface area contributed by atoms with Crippen LogP contribution in [0.25, 0.3) is 22.3 Å². The summed E-state index contributed by atoms with van der Waals surface area (Å²) in [5.41, 5.74) is 5.88. The van der Waals surface area contributed by atoms with Crippen LogP contribution in [0.15, 0.2) is 48.4 Å². The van der Waals surface area contributed by atoms with E-state index in [1.807, 2.05) is 19.2 Å². The number of fused-ring (bicyclic) bond motifs is 1. The largest absolute Gasteiger partial charge is 0.497 e. The highest BCUT2D eigenvalue weighted by atomic mass is 16.5. The molecule has 0 aromatic carbocycles. The molecule has 3 aromatic heterocycles. The van der Waals surface area contributed by atoms with Crippen LogP contribution in [0.3, 0.4) is 0 Å². The molecule has 2 unspecified atom stereocenters. The number of methoxy groups -OCH3 is 1. The summed E-state index contributed by atoms with van der Waals surface area (Å²) in [7, 11) is 3.78. The Morgan fingerprint density at radius 1 is 1.29 bits per heavy atom. The molecular formula is C27H36N6O. The average molecular weight is 461 g/mol. The normalized spacial score (nSPS) is 17.8. The number of aromatic nitrogens is 4. The minimum Gasteiger partial charge on any atom is -0.497 e. The van der Waals surface area contributed by atoms with Crippen molar-refractivity contribution < 1.29 is 4.74 Å². The van der Waals surface area contributed by atoms with Crippen molar-refractivity contribution in [2.24, 2.45) is 11.8 Å². The van der Waals surface area contributed by atoms with Crippen LogP contribution >= 0.6 is 0 Å². The van der Waals surface area contributed by atoms with E-state index in [2.05, 4.69) is 85.0 Å². The van der Waals surface area contributed by atoms with E-state index in [4.69, 9.17) is 14.8 Å². The Labute approximate surface area is 202 Å². The first-order valence-corrected chi connectivity index (χ1v) is 12.1. The van der Waals surface area contributed by atoms with Gasteiger partial charge in [-0.05, 0) is 64.0 Å². The molecule has 34 heavy (non-hydrogen) atoms. The molecule has 0 bridgehead atoms. The van der Waals surface area contributed by atoms with Gasteiger partial charge in [-0.3, -0.25) is 4.68 Å². The molecule has 0 aliphatic heterocycles. The first kappa shape index (κ1) is 23.8. The second-order valence-electron chi connectivity index (χ2n) is 9.30. The van der Waals surface area contributed by atoms with Gasteiger partial charge in [0, 0.05) is 43.9 Å². The van der Waals surface area contributed by atoms with E-state index in [1.165, 1.54) is 0 Å². The van der Waals surface area contributed by atoms with Gasteiger partial charge in [-0.2, -0.15) is 5.10 Å². The fourth-order valence-corrected chi connectivity index (χ4v) is 4.43. The first-order chi connectivity index (χ1) is 16.3. The molecule has 0 saturated heterocycles. The number of nitrogens with zero attached hydrogens (tertiary/aromatic N) is 5. The predicted octanol–water partition coefficient (Wildman–Crippen LogP) is 5.60. The topological polar surface area (TPSA) is 68.1 Å². The van der Waals surface area contributed by atoms with Gasteiger partial charge in [-0.1, -0.05) is 13.0 Å². The van der Waals surface area contributed by atoms with Crippen molar-refractivity contribution in [3.8, 4) is 11.3 Å². The maximum absolute atomic E-state index is 5.40. The van der Waals surface area contributed by atoms with Crippen molar-refractivity contribution in [1.82, 2.24) is 19.7 Å². The summed E-state index contributed by atoms with van der Waals surface area (Å²) in [6.45, 7) is 12.4. The highest BCUT2D eigenvalue weighted by Gasteiger charge is 2.22. The lowest BCUT2D eigenvalue weighted by molar-refractivity contribution is 0.296. The molecule has 4 rings (SSSR count). The summed E-state index contributed by atoms with van der Waals surface area (Å²) in [4.78, 5) is 11.9. The zero-order valence-corrected chi connectivity index (χ0v) is 21.3. The number of anilines is 2. The summed E-state index contributed by atoms with van der Waals surface area (Å²) in [5, 5.41) is 8.58. The molecule has 0 amide bonds. The van der Waals surface area contributed by atoms with E-state index in [1.54, 1.807) is 7.11 Å². The number of hydrogen-bond donors (Lipinski definition) is 1. The van der Waals surface area contributed by atoms with Crippen molar-refractivity contribution in [2.75, 3.05) is 37.5 Å². The molecule has 7 heteroatoms. The molecule has 2 atom stereocenters. The molecule has 1 aliphatic carbocycles. The quantitative estimate of drug-likeness (QED) is 0.472. The van der Waals surface area contributed by atoms with Crippen molar-refractivity contribution in [1.29, 1.82) is 0 Å². The van der Waals surface area contributed by atoms with E-state index in [0.717, 1.165) is 58.3 Å². The molecule has 1 N–H and O–H groups in total. The van der Waals surface area contributed by atoms with Crippen molar-refractivity contribution >= 4 is 22.5 Å². The number of hydrogen-bond acceptors (Lipinski definition) is 6. The number of rotatable bonds is 8. The Balaban J connectivity index is 1.79. The SMILES string of the molecule is CCN(C)c1ncccc1-c1cc(NCC2C=CC(OC)=CC2C)c2c(n1)c(C)nn2C(C)C. The molecule has 7 nitrogen and oxygen atoms in total. The minimum absolute atomic E-state index is 0.227. The lowest BCUT2D eigenvalue weighted by atomic mass is 9.89. The van der Waals surface area contributed by atoms with Crippen LogP contribution in [0.1, 0.15) is 39.4 Å². The highest BCUT2D eigenvalue weighted by Crippen LogP contribution is 2.35. The highest BCUT2D eigenvalue weighted by molar-refractivity contribution is 5.93. The number of pyridine rings is 2. The minimum atomic E-state index is 0.227. The van der Waals surface area contributed by atoms with Gasteiger partial charge >= 0.3 is 0 Å². The third-order valence-electron chi connectivity index (χ3n) is 6.58. The van der Waals surface area contributed by atoms with Crippen LogP contribution in [-0.2, 0) is 4.74 Å². The van der Waals surface area contributed by atoms with E-state index in [9.17, 15) is 0 Å². The standard InChI is InChI=1S/C27H36N6O/c1-8-32(6)27-22(10-9-13-28-27)23-15-24(26-25(30-23)19(5)31-33(26)17(2)3)29-16-20-11-12-21(34-7)14-18(20)4/h9-15,17-18,20H,8,16H2,1-7H3,(H,29,30). The second kappa shape index (κ2) is 9.87. The van der Waals surface area contributed by atoms with Gasteiger partial charge in [0.15, 0.2) is 0 Å². The Morgan fingerprint density at radius 3 is 2.76 bits per heavy atom. The van der Waals surface area contributed by atoms with Gasteiger partial charge in [-0.15, -0.1) is 0 Å². The van der Waals surface area contributed by atoms with E-state index < -0.39 is 0 Å². The van der Waals surface area contributed by atoms with Crippen LogP contribution in [0.4, 0.5) is 11.5 Å². The van der Waals surface area contributed by atoms with Crippen molar-refractivity contribution in [2.45, 2.75) is 40.7 Å². The fraction of sp³-hybridized carbons (Fsp3) is 0.444. The number of aryl methyl sites for hydroxylation is 1. The van der Waals surface area contributed by atoms with Crippen LogP contribution < -0.4 is 10.2 Å². The molecule has 180 valence electrons. The maximum Gasteiger partial charge on any atom is 0.137 e. The molecule has 0 saturated carbocycles. The van der Waals surface area contributed by atoms with E-state index >= 15 is 0 Å². The van der Waals surface area contributed by atoms with Gasteiger partial charge in [-0.25, -0.2) is 9.97 Å². The molecule has 3 aromatic rings. The number of allylic oxidation sites excluding steroid dienone is 2. The summed E-state index contributed by atoms with van der Waals surface area (Å²) in [6.07, 6.45) is 8.31. The summed E-state index contributed by atoms with van der Waals surface area (Å²) in [6, 6.07) is 6.45. The third kappa shape index (κ3) is 4.52. The average Bonchev–Trinajstić information content (AvgIpc) is 3.19. The molecule has 1 aliphatic rings. The van der Waals surface area contributed by atoms with Gasteiger partial charge < -0.3 is 15.0 Å². The van der Waals surface area contributed by atoms with Crippen LogP contribution in [0.2, 0.25) is 0 Å². The second-order valence-corrected chi connectivity index (χ2v) is 9.30. The Bertz CT molecular complexity index is 1230.